The van der Waals surface area contributed by atoms with Gasteiger partial charge in [-0.25, -0.2) is 4.79 Å². The Bertz CT molecular complexity index is 1240. The van der Waals surface area contributed by atoms with Crippen molar-refractivity contribution in [2.75, 3.05) is 0 Å². The molecule has 1 fully saturated rings. The number of barbiturate groups is 1. The molecule has 1 aromatic carbocycles. The summed E-state index contributed by atoms with van der Waals surface area (Å²) in [6, 6.07) is 10.1. The molecule has 0 radical (unpaired) electrons. The molecule has 0 spiro atoms. The van der Waals surface area contributed by atoms with Crippen molar-refractivity contribution in [3.8, 4) is 5.69 Å². The highest BCUT2D eigenvalue weighted by molar-refractivity contribution is 6.31. The molecule has 4 rings (SSSR count). The highest BCUT2D eigenvalue weighted by Gasteiger charge is 2.36. The molecule has 1 aliphatic rings. The van der Waals surface area contributed by atoms with Gasteiger partial charge in [0.2, 0.25) is 0 Å². The number of amides is 4. The molecule has 4 amide bonds. The number of carbonyl (C=O) groups is 3. The minimum atomic E-state index is -0.774. The number of benzene rings is 1. The molecule has 0 atom stereocenters. The molecular formula is C23H20ClN3O4. The molecule has 0 saturated carbocycles. The third kappa shape index (κ3) is 3.68. The van der Waals surface area contributed by atoms with Crippen LogP contribution >= 0.6 is 11.6 Å². The fourth-order valence-corrected chi connectivity index (χ4v) is 3.86. The third-order valence-electron chi connectivity index (χ3n) is 5.33. The average molecular weight is 438 g/mol. The fraction of sp³-hybridized carbons (Fsp3) is 0.174. The molecule has 1 N–H and O–H groups in total. The number of furan rings is 1. The molecule has 3 heterocycles. The lowest BCUT2D eigenvalue weighted by molar-refractivity contribution is -0.130. The van der Waals surface area contributed by atoms with Gasteiger partial charge in [0.05, 0.1) is 12.8 Å². The van der Waals surface area contributed by atoms with Crippen molar-refractivity contribution in [1.29, 1.82) is 0 Å². The molecule has 158 valence electrons. The number of aromatic nitrogens is 1. The van der Waals surface area contributed by atoms with Crippen molar-refractivity contribution in [2.24, 2.45) is 0 Å². The third-order valence-corrected chi connectivity index (χ3v) is 5.74. The Morgan fingerprint density at radius 2 is 1.87 bits per heavy atom. The normalized spacial score (nSPS) is 15.7. The number of nitrogens with one attached hydrogen (secondary N) is 1. The average Bonchev–Trinajstić information content (AvgIpc) is 3.33. The van der Waals surface area contributed by atoms with Gasteiger partial charge >= 0.3 is 6.03 Å². The van der Waals surface area contributed by atoms with Gasteiger partial charge in [-0.1, -0.05) is 17.7 Å². The first-order valence-electron chi connectivity index (χ1n) is 9.63. The zero-order valence-electron chi connectivity index (χ0n) is 17.2. The summed E-state index contributed by atoms with van der Waals surface area (Å²) in [6.07, 6.45) is 2.97. The number of aryl methyl sites for hydroxylation is 1. The zero-order valence-corrected chi connectivity index (χ0v) is 18.0. The van der Waals surface area contributed by atoms with Crippen LogP contribution in [0.1, 0.15) is 28.3 Å². The second-order valence-electron chi connectivity index (χ2n) is 7.33. The van der Waals surface area contributed by atoms with Crippen LogP contribution in [0.4, 0.5) is 4.79 Å². The summed E-state index contributed by atoms with van der Waals surface area (Å²) < 4.78 is 7.25. The van der Waals surface area contributed by atoms with Crippen LogP contribution in [-0.4, -0.2) is 27.3 Å². The topological polar surface area (TPSA) is 84.6 Å². The zero-order chi connectivity index (χ0) is 22.3. The van der Waals surface area contributed by atoms with Gasteiger partial charge in [0, 0.05) is 22.1 Å². The van der Waals surface area contributed by atoms with E-state index in [1.807, 2.05) is 49.6 Å². The smallest absolute Gasteiger partial charge is 0.331 e. The van der Waals surface area contributed by atoms with Gasteiger partial charge in [0.15, 0.2) is 0 Å². The first-order valence-corrected chi connectivity index (χ1v) is 10.0. The standard InChI is InChI=1S/C23H20ClN3O4/c1-13-10-16(15(3)27(13)20-8-4-7-19(24)14(20)2)11-18-21(28)25-23(30)26(22(18)29)12-17-6-5-9-31-17/h4-11H,12H2,1-3H3,(H,25,28,30)/b18-11+. The second-order valence-corrected chi connectivity index (χ2v) is 7.74. The number of hydrogen-bond acceptors (Lipinski definition) is 4. The summed E-state index contributed by atoms with van der Waals surface area (Å²) in [5, 5.41) is 2.88. The van der Waals surface area contributed by atoms with Crippen LogP contribution in [0, 0.1) is 20.8 Å². The number of urea groups is 1. The van der Waals surface area contributed by atoms with E-state index in [1.54, 1.807) is 12.1 Å². The summed E-state index contributed by atoms with van der Waals surface area (Å²) in [5.41, 5.74) is 4.18. The minimum Gasteiger partial charge on any atom is -0.467 e. The van der Waals surface area contributed by atoms with Crippen molar-refractivity contribution in [1.82, 2.24) is 14.8 Å². The van der Waals surface area contributed by atoms with E-state index >= 15 is 0 Å². The Labute approximate surface area is 183 Å². The van der Waals surface area contributed by atoms with Crippen molar-refractivity contribution in [2.45, 2.75) is 27.3 Å². The van der Waals surface area contributed by atoms with Crippen LogP contribution in [0.5, 0.6) is 0 Å². The maximum Gasteiger partial charge on any atom is 0.331 e. The molecule has 1 saturated heterocycles. The summed E-state index contributed by atoms with van der Waals surface area (Å²) in [7, 11) is 0. The highest BCUT2D eigenvalue weighted by atomic mass is 35.5. The van der Waals surface area contributed by atoms with E-state index in [0.717, 1.165) is 27.5 Å². The second kappa shape index (κ2) is 7.92. The van der Waals surface area contributed by atoms with Crippen molar-refractivity contribution >= 4 is 35.5 Å². The van der Waals surface area contributed by atoms with Crippen molar-refractivity contribution in [3.05, 3.63) is 81.5 Å². The van der Waals surface area contributed by atoms with E-state index in [-0.39, 0.29) is 12.1 Å². The number of hydrogen-bond donors (Lipinski definition) is 1. The maximum absolute atomic E-state index is 13.0. The van der Waals surface area contributed by atoms with Gasteiger partial charge in [-0.15, -0.1) is 0 Å². The van der Waals surface area contributed by atoms with Crippen LogP contribution < -0.4 is 5.32 Å². The Kier molecular flexibility index (Phi) is 5.29. The summed E-state index contributed by atoms with van der Waals surface area (Å²) in [4.78, 5) is 38.6. The van der Waals surface area contributed by atoms with Crippen molar-refractivity contribution in [3.63, 3.8) is 0 Å². The maximum atomic E-state index is 13.0. The number of halogens is 1. The van der Waals surface area contributed by atoms with E-state index in [0.29, 0.717) is 16.3 Å². The molecule has 1 aliphatic heterocycles. The molecule has 0 bridgehead atoms. The largest absolute Gasteiger partial charge is 0.467 e. The number of imide groups is 2. The lowest BCUT2D eigenvalue weighted by Gasteiger charge is -2.25. The first kappa shape index (κ1) is 20.7. The van der Waals surface area contributed by atoms with Crippen LogP contribution in [0.25, 0.3) is 11.8 Å². The lowest BCUT2D eigenvalue weighted by Crippen LogP contribution is -2.53. The Hall–Kier alpha value is -3.58. The summed E-state index contributed by atoms with van der Waals surface area (Å²) in [6.45, 7) is 5.70. The molecule has 8 heteroatoms. The Morgan fingerprint density at radius 1 is 1.10 bits per heavy atom. The molecule has 0 unspecified atom stereocenters. The van der Waals surface area contributed by atoms with Gasteiger partial charge in [0.25, 0.3) is 11.8 Å². The van der Waals surface area contributed by atoms with Crippen LogP contribution in [0.15, 0.2) is 52.7 Å². The molecule has 0 aliphatic carbocycles. The van der Waals surface area contributed by atoms with E-state index in [9.17, 15) is 14.4 Å². The quantitative estimate of drug-likeness (QED) is 0.487. The Balaban J connectivity index is 1.74. The Morgan fingerprint density at radius 3 is 2.58 bits per heavy atom. The first-order chi connectivity index (χ1) is 14.8. The monoisotopic (exact) mass is 437 g/mol. The SMILES string of the molecule is Cc1c(Cl)cccc1-n1c(C)cc(/C=C2\C(=O)NC(=O)N(Cc3ccco3)C2=O)c1C. The number of carbonyl (C=O) groups excluding carboxylic acids is 3. The van der Waals surface area contributed by atoms with Gasteiger partial charge in [-0.3, -0.25) is 19.8 Å². The summed E-state index contributed by atoms with van der Waals surface area (Å²) in [5.74, 6) is -0.963. The molecule has 2 aromatic heterocycles. The number of rotatable bonds is 4. The van der Waals surface area contributed by atoms with Gasteiger partial charge in [0.1, 0.15) is 11.3 Å². The minimum absolute atomic E-state index is 0.0665. The molecular weight excluding hydrogens is 418 g/mol. The molecule has 31 heavy (non-hydrogen) atoms. The van der Waals surface area contributed by atoms with Crippen molar-refractivity contribution < 1.29 is 18.8 Å². The predicted molar refractivity (Wildman–Crippen MR) is 116 cm³/mol. The van der Waals surface area contributed by atoms with Gasteiger partial charge in [-0.05, 0) is 68.3 Å². The molecule has 3 aromatic rings. The highest BCUT2D eigenvalue weighted by Crippen LogP contribution is 2.28. The van der Waals surface area contributed by atoms with Gasteiger partial charge < -0.3 is 8.98 Å². The van der Waals surface area contributed by atoms with E-state index in [2.05, 4.69) is 5.32 Å². The molecule has 7 nitrogen and oxygen atoms in total. The van der Waals surface area contributed by atoms with Crippen LogP contribution in [-0.2, 0) is 16.1 Å². The van der Waals surface area contributed by atoms with Crippen LogP contribution in [0.3, 0.4) is 0 Å². The summed E-state index contributed by atoms with van der Waals surface area (Å²) >= 11 is 6.29. The van der Waals surface area contributed by atoms with Crippen LogP contribution in [0.2, 0.25) is 5.02 Å². The fourth-order valence-electron chi connectivity index (χ4n) is 3.69. The van der Waals surface area contributed by atoms with Gasteiger partial charge in [-0.2, -0.15) is 0 Å². The predicted octanol–water partition coefficient (Wildman–Crippen LogP) is 4.31. The lowest BCUT2D eigenvalue weighted by atomic mass is 10.1. The van der Waals surface area contributed by atoms with E-state index in [4.69, 9.17) is 16.0 Å². The van der Waals surface area contributed by atoms with E-state index < -0.39 is 17.8 Å². The number of nitrogens with zero attached hydrogens (tertiary/aromatic N) is 2. The van der Waals surface area contributed by atoms with E-state index in [1.165, 1.54) is 12.3 Å².